The molecule has 1 nitrogen and oxygen atoms in total. The first kappa shape index (κ1) is 12.5. The third-order valence-corrected chi connectivity index (χ3v) is 3.50. The van der Waals surface area contributed by atoms with Gasteiger partial charge in [-0.15, -0.1) is 23.7 Å². The molecule has 0 saturated heterocycles. The molecule has 0 aromatic carbocycles. The fourth-order valence-corrected chi connectivity index (χ4v) is 2.03. The van der Waals surface area contributed by atoms with Crippen molar-refractivity contribution in [3.05, 3.63) is 0 Å². The molecule has 0 spiro atoms. The summed E-state index contributed by atoms with van der Waals surface area (Å²) < 4.78 is -0.0602. The normalized spacial score (nSPS) is 9.78. The Morgan fingerprint density at radius 3 is 1.78 bits per heavy atom. The summed E-state index contributed by atoms with van der Waals surface area (Å²) in [4.78, 5) is 0. The van der Waals surface area contributed by atoms with Gasteiger partial charge in [-0.1, -0.05) is 13.8 Å². The second kappa shape index (κ2) is 6.98. The molecule has 0 N–H and O–H groups in total. The molecule has 9 heavy (non-hydrogen) atoms. The van der Waals surface area contributed by atoms with Gasteiger partial charge >= 0.3 is 19.5 Å². The summed E-state index contributed by atoms with van der Waals surface area (Å²) in [5.74, 6) is 1.83. The Morgan fingerprint density at radius 2 is 1.78 bits per heavy atom. The fraction of sp³-hybridized carbons (Fsp3) is 0.800. The minimum absolute atomic E-state index is 0. The van der Waals surface area contributed by atoms with Crippen LogP contribution in [0.25, 0.3) is 0 Å². The van der Waals surface area contributed by atoms with Crippen LogP contribution < -0.4 is 5.11 Å². The van der Waals surface area contributed by atoms with E-state index in [1.54, 1.807) is 0 Å². The first-order valence-electron chi connectivity index (χ1n) is 2.60. The van der Waals surface area contributed by atoms with Gasteiger partial charge in [0, 0.05) is 0 Å². The molecule has 0 amide bonds. The maximum Gasteiger partial charge on any atom is 2.00 e. The van der Waals surface area contributed by atoms with Crippen molar-refractivity contribution in [2.24, 2.45) is 0 Å². The minimum Gasteiger partial charge on any atom is -0.884 e. The predicted octanol–water partition coefficient (Wildman–Crippen LogP) is 0.287. The Kier molecular flexibility index (Phi) is 9.71. The monoisotopic (exact) mass is 214 g/mol. The zero-order valence-corrected chi connectivity index (χ0v) is 10.4. The van der Waals surface area contributed by atoms with Crippen molar-refractivity contribution < 1.29 is 24.6 Å². The van der Waals surface area contributed by atoms with E-state index in [9.17, 15) is 5.11 Å². The first-order chi connectivity index (χ1) is 3.72. The van der Waals surface area contributed by atoms with Crippen molar-refractivity contribution in [2.45, 2.75) is 13.8 Å². The van der Waals surface area contributed by atoms with Crippen LogP contribution >= 0.6 is 12.2 Å². The van der Waals surface area contributed by atoms with Crippen LogP contribution in [0.1, 0.15) is 13.8 Å². The molecule has 0 radical (unpaired) electrons. The maximum atomic E-state index is 10.4. The molecule has 0 aliphatic heterocycles. The van der Waals surface area contributed by atoms with Crippen LogP contribution in [0.15, 0.2) is 0 Å². The second-order valence-electron chi connectivity index (χ2n) is 1.32. The number of hydrogen-bond donors (Lipinski definition) is 0. The zero-order chi connectivity index (χ0) is 6.57. The largest absolute Gasteiger partial charge is 2.00 e. The standard InChI is InChI=1S/C5H11OS2.Zn/c1-3-8(4-2)5(6)7;/h3-4H2,1-2H3,(H,6,7);/q-1;+2/p-1. The van der Waals surface area contributed by atoms with Gasteiger partial charge in [-0.25, -0.2) is 0 Å². The Bertz CT molecular complexity index is 83.0. The van der Waals surface area contributed by atoms with E-state index in [-0.39, 0.29) is 34.8 Å². The molecule has 0 bridgehead atoms. The van der Waals surface area contributed by atoms with Crippen LogP contribution in [0.5, 0.6) is 0 Å². The van der Waals surface area contributed by atoms with E-state index in [0.29, 0.717) is 0 Å². The van der Waals surface area contributed by atoms with Crippen LogP contribution in [-0.2, 0) is 30.4 Å². The zero-order valence-electron chi connectivity index (χ0n) is 5.85. The van der Waals surface area contributed by atoms with Gasteiger partial charge in [0.2, 0.25) is 0 Å². The van der Waals surface area contributed by atoms with E-state index in [4.69, 9.17) is 0 Å². The Morgan fingerprint density at radius 1 is 1.44 bits per heavy atom. The van der Waals surface area contributed by atoms with E-state index in [1.165, 1.54) is 0 Å². The average Bonchev–Trinajstić information content (AvgIpc) is 1.69. The van der Waals surface area contributed by atoms with Gasteiger partial charge in [0.25, 0.3) is 0 Å². The average molecular weight is 216 g/mol. The van der Waals surface area contributed by atoms with E-state index < -0.39 is 0 Å². The maximum absolute atomic E-state index is 10.4. The molecule has 0 atom stereocenters. The summed E-state index contributed by atoms with van der Waals surface area (Å²) in [5, 5.41) is 10.4. The van der Waals surface area contributed by atoms with Gasteiger partial charge in [0.15, 0.2) is 0 Å². The van der Waals surface area contributed by atoms with Gasteiger partial charge in [-0.2, -0.15) is 4.38 Å². The van der Waals surface area contributed by atoms with Crippen LogP contribution in [0.2, 0.25) is 0 Å². The summed E-state index contributed by atoms with van der Waals surface area (Å²) in [6.45, 7) is 3.99. The summed E-state index contributed by atoms with van der Waals surface area (Å²) >= 11 is 4.47. The van der Waals surface area contributed by atoms with Gasteiger partial charge in [0.05, 0.1) is 0 Å². The summed E-state index contributed by atoms with van der Waals surface area (Å²) in [7, 11) is -0.114. The van der Waals surface area contributed by atoms with Gasteiger partial charge in [-0.3, -0.25) is 0 Å². The Labute approximate surface area is 77.3 Å². The number of rotatable bonds is 2. The summed E-state index contributed by atoms with van der Waals surface area (Å²) in [5.41, 5.74) is 0. The molecular formula is C5H10OS2Zn. The quantitative estimate of drug-likeness (QED) is 0.376. The van der Waals surface area contributed by atoms with Gasteiger partial charge in [-0.05, 0) is 0 Å². The molecule has 0 aromatic rings. The smallest absolute Gasteiger partial charge is 0.884 e. The van der Waals surface area contributed by atoms with Gasteiger partial charge < -0.3 is 16.0 Å². The van der Waals surface area contributed by atoms with Crippen LogP contribution in [-0.4, -0.2) is 15.9 Å². The molecule has 0 aromatic heterocycles. The SMILES string of the molecule is CC[S-](CC)C([O-])=S.[Zn+2]. The van der Waals surface area contributed by atoms with Gasteiger partial charge in [0.1, 0.15) is 0 Å². The van der Waals surface area contributed by atoms with E-state index >= 15 is 0 Å². The van der Waals surface area contributed by atoms with Crippen LogP contribution in [0.4, 0.5) is 0 Å². The molecule has 0 fully saturated rings. The Balaban J connectivity index is 0. The molecule has 4 heteroatoms. The summed E-state index contributed by atoms with van der Waals surface area (Å²) in [6, 6.07) is 0. The van der Waals surface area contributed by atoms with Crippen molar-refractivity contribution in [1.82, 2.24) is 0 Å². The van der Waals surface area contributed by atoms with E-state index in [1.807, 2.05) is 13.8 Å². The van der Waals surface area contributed by atoms with E-state index in [0.717, 1.165) is 11.5 Å². The molecule has 0 unspecified atom stereocenters. The Hall–Kier alpha value is 0.863. The predicted molar refractivity (Wildman–Crippen MR) is 41.0 cm³/mol. The van der Waals surface area contributed by atoms with Crippen LogP contribution in [0, 0.1) is 0 Å². The number of thiocarbonyl (C=S) groups is 1. The van der Waals surface area contributed by atoms with Crippen molar-refractivity contribution in [1.29, 1.82) is 0 Å². The summed E-state index contributed by atoms with van der Waals surface area (Å²) in [6.07, 6.45) is 0. The van der Waals surface area contributed by atoms with Crippen molar-refractivity contribution in [3.63, 3.8) is 0 Å². The molecule has 0 heterocycles. The molecule has 0 aliphatic rings. The molecule has 0 saturated carbocycles. The van der Waals surface area contributed by atoms with E-state index in [2.05, 4.69) is 12.2 Å². The third kappa shape index (κ3) is 5.31. The molecule has 0 rings (SSSR count). The van der Waals surface area contributed by atoms with Crippen molar-refractivity contribution in [2.75, 3.05) is 11.5 Å². The topological polar surface area (TPSA) is 23.1 Å². The molecular weight excluding hydrogens is 206 g/mol. The van der Waals surface area contributed by atoms with Crippen LogP contribution in [0.3, 0.4) is 0 Å². The van der Waals surface area contributed by atoms with Crippen molar-refractivity contribution in [3.8, 4) is 0 Å². The second-order valence-corrected chi connectivity index (χ2v) is 4.46. The first-order valence-corrected chi connectivity index (χ1v) is 4.58. The fourth-order valence-electron chi connectivity index (χ4n) is 0.440. The van der Waals surface area contributed by atoms with Crippen molar-refractivity contribution >= 4 is 27.5 Å². The molecule has 50 valence electrons. The third-order valence-electron chi connectivity index (χ3n) is 0.933. The minimum atomic E-state index is -0.114. The number of hydrogen-bond acceptors (Lipinski definition) is 3. The molecule has 0 aliphatic carbocycles.